The molecule has 1 N–H and O–H groups in total. The van der Waals surface area contributed by atoms with E-state index in [1.165, 1.54) is 0 Å². The van der Waals surface area contributed by atoms with Gasteiger partial charge in [-0.3, -0.25) is 5.32 Å². The van der Waals surface area contributed by atoms with Crippen molar-refractivity contribution in [3.8, 4) is 23.1 Å². The van der Waals surface area contributed by atoms with Crippen LogP contribution in [0, 0.1) is 11.3 Å². The molecule has 1 amide bonds. The summed E-state index contributed by atoms with van der Waals surface area (Å²) in [6.07, 6.45) is 0.449. The van der Waals surface area contributed by atoms with Crippen molar-refractivity contribution in [3.05, 3.63) is 48.0 Å². The number of nitriles is 1. The number of nitrogens with zero attached hydrogens (tertiary/aromatic N) is 2. The minimum Gasteiger partial charge on any atom is -0.494 e. The molecule has 0 saturated carbocycles. The molecular formula is C23H27N3O3. The first-order valence-corrected chi connectivity index (χ1v) is 9.86. The van der Waals surface area contributed by atoms with Gasteiger partial charge in [-0.2, -0.15) is 5.26 Å². The molecule has 1 aromatic heterocycles. The summed E-state index contributed by atoms with van der Waals surface area (Å²) in [6.45, 7) is 7.51. The molecule has 6 nitrogen and oxygen atoms in total. The van der Waals surface area contributed by atoms with Crippen molar-refractivity contribution in [2.45, 2.75) is 33.7 Å². The van der Waals surface area contributed by atoms with Gasteiger partial charge in [0.15, 0.2) is 0 Å². The number of amides is 1. The van der Waals surface area contributed by atoms with Gasteiger partial charge in [-0.1, -0.05) is 19.1 Å². The Kier molecular flexibility index (Phi) is 6.40. The van der Waals surface area contributed by atoms with Crippen LogP contribution in [0.4, 0.5) is 10.5 Å². The molecule has 152 valence electrons. The third-order valence-corrected chi connectivity index (χ3v) is 4.59. The van der Waals surface area contributed by atoms with E-state index in [0.29, 0.717) is 24.5 Å². The van der Waals surface area contributed by atoms with Crippen LogP contribution < -0.4 is 10.1 Å². The topological polar surface area (TPSA) is 76.3 Å². The molecule has 0 unspecified atom stereocenters. The minimum atomic E-state index is -0.485. The summed E-state index contributed by atoms with van der Waals surface area (Å²) in [6, 6.07) is 15.7. The molecule has 0 spiro atoms. The van der Waals surface area contributed by atoms with E-state index in [1.54, 1.807) is 6.92 Å². The van der Waals surface area contributed by atoms with Crippen LogP contribution in [0.2, 0.25) is 0 Å². The Morgan fingerprint density at radius 3 is 2.52 bits per heavy atom. The molecule has 2 aromatic carbocycles. The van der Waals surface area contributed by atoms with E-state index >= 15 is 0 Å². The van der Waals surface area contributed by atoms with Crippen LogP contribution in [-0.2, 0) is 11.3 Å². The Morgan fingerprint density at radius 1 is 1.14 bits per heavy atom. The van der Waals surface area contributed by atoms with Crippen molar-refractivity contribution < 1.29 is 15.7 Å². The summed E-state index contributed by atoms with van der Waals surface area (Å²) in [5.74, 6) is 0.792. The Labute approximate surface area is 172 Å². The maximum absolute atomic E-state index is 11.6. The number of hydrogen-bond acceptors (Lipinski definition) is 4. The fourth-order valence-electron chi connectivity index (χ4n) is 3.45. The molecule has 0 aliphatic carbocycles. The standard InChI is InChI=1S/C23H25N3O3.H2/c1-4-13-26-21-14-18(28-5-2)11-12-19(21)20(15-24)22(26)16-7-9-17(10-8-16)25-23(27)29-6-3;/h7-12,14H,4-6,13H2,1-3H3,(H,25,27);1H. The number of rotatable bonds is 7. The SMILES string of the molecule is CCCn1c(-c2ccc(NC(=O)OCC)cc2)c(C#N)c2ccc(OCC)cc21.[HH]. The van der Waals surface area contributed by atoms with Crippen LogP contribution in [0.15, 0.2) is 42.5 Å². The number of anilines is 1. The third-order valence-electron chi connectivity index (χ3n) is 4.59. The van der Waals surface area contributed by atoms with E-state index in [9.17, 15) is 10.1 Å². The predicted octanol–water partition coefficient (Wildman–Crippen LogP) is 5.80. The number of ether oxygens (including phenoxy) is 2. The number of aromatic nitrogens is 1. The zero-order valence-electron chi connectivity index (χ0n) is 17.0. The largest absolute Gasteiger partial charge is 0.494 e. The molecule has 0 fully saturated rings. The van der Waals surface area contributed by atoms with Crippen LogP contribution in [0.1, 0.15) is 34.2 Å². The Bertz CT molecular complexity index is 1050. The maximum Gasteiger partial charge on any atom is 0.411 e. The van der Waals surface area contributed by atoms with Gasteiger partial charge in [-0.15, -0.1) is 0 Å². The smallest absolute Gasteiger partial charge is 0.411 e. The summed E-state index contributed by atoms with van der Waals surface area (Å²) in [7, 11) is 0. The van der Waals surface area contributed by atoms with Crippen molar-refractivity contribution in [2.24, 2.45) is 0 Å². The molecule has 3 rings (SSSR count). The number of nitrogens with one attached hydrogen (secondary N) is 1. The van der Waals surface area contributed by atoms with Crippen LogP contribution >= 0.6 is 0 Å². The van der Waals surface area contributed by atoms with Crippen LogP contribution in [0.25, 0.3) is 22.2 Å². The first kappa shape index (κ1) is 20.3. The second-order valence-electron chi connectivity index (χ2n) is 6.52. The number of benzene rings is 2. The van der Waals surface area contributed by atoms with Crippen molar-refractivity contribution >= 4 is 22.7 Å². The average molecular weight is 393 g/mol. The second-order valence-corrected chi connectivity index (χ2v) is 6.52. The zero-order chi connectivity index (χ0) is 20.8. The van der Waals surface area contributed by atoms with Gasteiger partial charge >= 0.3 is 6.09 Å². The molecule has 0 bridgehead atoms. The van der Waals surface area contributed by atoms with Gasteiger partial charge in [-0.25, -0.2) is 4.79 Å². The summed E-state index contributed by atoms with van der Waals surface area (Å²) in [4.78, 5) is 11.6. The first-order valence-electron chi connectivity index (χ1n) is 9.86. The zero-order valence-corrected chi connectivity index (χ0v) is 17.0. The summed E-state index contributed by atoms with van der Waals surface area (Å²) >= 11 is 0. The van der Waals surface area contributed by atoms with Crippen molar-refractivity contribution in [3.63, 3.8) is 0 Å². The highest BCUT2D eigenvalue weighted by molar-refractivity contribution is 5.95. The monoisotopic (exact) mass is 393 g/mol. The van der Waals surface area contributed by atoms with E-state index in [-0.39, 0.29) is 1.43 Å². The summed E-state index contributed by atoms with van der Waals surface area (Å²) < 4.78 is 12.7. The average Bonchev–Trinajstić information content (AvgIpc) is 3.02. The number of hydrogen-bond donors (Lipinski definition) is 1. The molecular weight excluding hydrogens is 366 g/mol. The third kappa shape index (κ3) is 4.19. The lowest BCUT2D eigenvalue weighted by Gasteiger charge is -2.12. The van der Waals surface area contributed by atoms with Gasteiger partial charge < -0.3 is 14.0 Å². The Hall–Kier alpha value is -3.46. The molecule has 0 atom stereocenters. The van der Waals surface area contributed by atoms with E-state index < -0.39 is 6.09 Å². The highest BCUT2D eigenvalue weighted by Gasteiger charge is 2.19. The van der Waals surface area contributed by atoms with Crippen molar-refractivity contribution in [1.29, 1.82) is 5.26 Å². The van der Waals surface area contributed by atoms with Crippen molar-refractivity contribution in [1.82, 2.24) is 4.57 Å². The predicted molar refractivity (Wildman–Crippen MR) is 116 cm³/mol. The molecule has 29 heavy (non-hydrogen) atoms. The van der Waals surface area contributed by atoms with E-state index in [1.807, 2.05) is 49.4 Å². The summed E-state index contributed by atoms with van der Waals surface area (Å²) in [5.41, 5.74) is 4.06. The van der Waals surface area contributed by atoms with Gasteiger partial charge in [0.2, 0.25) is 0 Å². The normalized spacial score (nSPS) is 10.6. The fourth-order valence-corrected chi connectivity index (χ4v) is 3.45. The quantitative estimate of drug-likeness (QED) is 0.550. The highest BCUT2D eigenvalue weighted by atomic mass is 16.5. The minimum absolute atomic E-state index is 0. The molecule has 0 saturated heterocycles. The van der Waals surface area contributed by atoms with Gasteiger partial charge in [-0.05, 0) is 50.1 Å². The number of carbonyl (C=O) groups excluding carboxylic acids is 1. The molecule has 6 heteroatoms. The molecule has 0 radical (unpaired) electrons. The van der Waals surface area contributed by atoms with Crippen molar-refractivity contribution in [2.75, 3.05) is 18.5 Å². The molecule has 3 aromatic rings. The Balaban J connectivity index is 0.00000320. The highest BCUT2D eigenvalue weighted by Crippen LogP contribution is 2.36. The summed E-state index contributed by atoms with van der Waals surface area (Å²) in [5, 5.41) is 13.5. The van der Waals surface area contributed by atoms with E-state index in [2.05, 4.69) is 22.9 Å². The Morgan fingerprint density at radius 2 is 1.90 bits per heavy atom. The van der Waals surface area contributed by atoms with Crippen LogP contribution in [0.5, 0.6) is 5.75 Å². The second kappa shape index (κ2) is 9.16. The maximum atomic E-state index is 11.6. The van der Waals surface area contributed by atoms with E-state index in [4.69, 9.17) is 9.47 Å². The van der Waals surface area contributed by atoms with Gasteiger partial charge in [0.25, 0.3) is 0 Å². The van der Waals surface area contributed by atoms with Gasteiger partial charge in [0, 0.05) is 25.1 Å². The molecule has 0 aliphatic heterocycles. The van der Waals surface area contributed by atoms with Gasteiger partial charge in [0.1, 0.15) is 11.8 Å². The number of fused-ring (bicyclic) bond motifs is 1. The fraction of sp³-hybridized carbons (Fsp3) is 0.304. The lowest BCUT2D eigenvalue weighted by molar-refractivity contribution is 0.168. The lowest BCUT2D eigenvalue weighted by Crippen LogP contribution is -2.13. The van der Waals surface area contributed by atoms with E-state index in [0.717, 1.165) is 40.9 Å². The van der Waals surface area contributed by atoms with Crippen LogP contribution in [0.3, 0.4) is 0 Å². The first-order chi connectivity index (χ1) is 14.1. The number of carbonyl (C=O) groups is 1. The molecule has 0 aliphatic rings. The van der Waals surface area contributed by atoms with Crippen LogP contribution in [-0.4, -0.2) is 23.9 Å². The lowest BCUT2D eigenvalue weighted by atomic mass is 10.1. The number of aryl methyl sites for hydroxylation is 1. The van der Waals surface area contributed by atoms with Gasteiger partial charge in [0.05, 0.1) is 30.0 Å². The molecule has 1 heterocycles.